The van der Waals surface area contributed by atoms with E-state index < -0.39 is 47.5 Å². The van der Waals surface area contributed by atoms with E-state index in [9.17, 15) is 24.1 Å². The number of nitrogens with one attached hydrogen (secondary N) is 1. The summed E-state index contributed by atoms with van der Waals surface area (Å²) in [5, 5.41) is 15.1. The summed E-state index contributed by atoms with van der Waals surface area (Å²) < 4.78 is 9.95. The van der Waals surface area contributed by atoms with Gasteiger partial charge in [-0.1, -0.05) is 0 Å². The van der Waals surface area contributed by atoms with Gasteiger partial charge >= 0.3 is 11.9 Å². The molecule has 3 heterocycles. The zero-order valence-corrected chi connectivity index (χ0v) is 20.2. The molecule has 13 nitrogen and oxygen atoms in total. The minimum atomic E-state index is -1.49. The lowest BCUT2D eigenvalue weighted by atomic mass is 10.0. The van der Waals surface area contributed by atoms with Gasteiger partial charge in [0.25, 0.3) is 11.8 Å². The van der Waals surface area contributed by atoms with E-state index in [0.717, 1.165) is 34.9 Å². The molecular formula is C18H18N6O7S3. The van der Waals surface area contributed by atoms with E-state index in [1.807, 2.05) is 6.07 Å². The molecule has 0 aliphatic carbocycles. The van der Waals surface area contributed by atoms with E-state index in [2.05, 4.69) is 15.5 Å². The van der Waals surface area contributed by atoms with E-state index in [1.165, 1.54) is 24.1 Å². The maximum absolute atomic E-state index is 12.9. The Bertz CT molecular complexity index is 1100. The summed E-state index contributed by atoms with van der Waals surface area (Å²) >= 11 is 3.37. The smallest absolute Gasteiger partial charge is 0.359 e. The topological polar surface area (TPSA) is 194 Å². The van der Waals surface area contributed by atoms with Crippen LogP contribution in [0.25, 0.3) is 0 Å². The van der Waals surface area contributed by atoms with Crippen molar-refractivity contribution in [3.8, 4) is 6.07 Å². The van der Waals surface area contributed by atoms with Crippen LogP contribution in [0.15, 0.2) is 21.2 Å². The average molecular weight is 527 g/mol. The second kappa shape index (κ2) is 10.8. The maximum Gasteiger partial charge on any atom is 0.359 e. The van der Waals surface area contributed by atoms with E-state index in [-0.39, 0.29) is 28.0 Å². The summed E-state index contributed by atoms with van der Waals surface area (Å²) in [4.78, 5) is 66.2. The number of β-lactam (4-membered cyclic amide) rings is 1. The number of rotatable bonds is 9. The first-order valence-electron chi connectivity index (χ1n) is 9.57. The number of carbonyl (C=O) groups is 4. The van der Waals surface area contributed by atoms with Crippen LogP contribution in [0.2, 0.25) is 0 Å². The standard InChI is InChI=1S/C18H18N6O7S3/c1-7(25)30-8(2)31-17(28)13-10(32-4-3-19)6-33-16-12(15(27)24(13)16)22-14(26)11(23-29)9-5-34-18(20)21-9/h5,8,11-12,16H,4,6H2,1-2H3,(H2,20,21)(H,22,26)/t8?,11?,12-,16+/m1/s1. The van der Waals surface area contributed by atoms with Crippen molar-refractivity contribution < 1.29 is 28.7 Å². The molecule has 4 atom stereocenters. The Balaban J connectivity index is 1.78. The third kappa shape index (κ3) is 5.32. The molecule has 0 saturated carbocycles. The van der Waals surface area contributed by atoms with Crippen LogP contribution in [0.5, 0.6) is 0 Å². The predicted molar refractivity (Wildman–Crippen MR) is 123 cm³/mol. The van der Waals surface area contributed by atoms with Gasteiger partial charge < -0.3 is 20.5 Å². The number of amides is 2. The fourth-order valence-electron chi connectivity index (χ4n) is 3.17. The Kier molecular flexibility index (Phi) is 8.12. The Hall–Kier alpha value is -3.16. The molecule has 2 amide bonds. The minimum absolute atomic E-state index is 0.0302. The van der Waals surface area contributed by atoms with Crippen molar-refractivity contribution >= 4 is 63.7 Å². The molecule has 2 aliphatic heterocycles. The van der Waals surface area contributed by atoms with E-state index in [0.29, 0.717) is 4.91 Å². The van der Waals surface area contributed by atoms with Gasteiger partial charge in [-0.25, -0.2) is 9.78 Å². The summed E-state index contributed by atoms with van der Waals surface area (Å²) in [6.07, 6.45) is -1.20. The second-order valence-electron chi connectivity index (χ2n) is 6.82. The first-order valence-corrected chi connectivity index (χ1v) is 12.5. The van der Waals surface area contributed by atoms with E-state index in [1.54, 1.807) is 0 Å². The monoisotopic (exact) mass is 526 g/mol. The van der Waals surface area contributed by atoms with Gasteiger partial charge in [0, 0.05) is 29.9 Å². The van der Waals surface area contributed by atoms with Gasteiger partial charge in [0.05, 0.1) is 17.5 Å². The van der Waals surface area contributed by atoms with Gasteiger partial charge in [-0.3, -0.25) is 19.3 Å². The number of nitrogen functional groups attached to an aromatic ring is 1. The SMILES string of the molecule is CC(=O)OC(C)OC(=O)C1=C(SCC#N)CS[C@H]2[C@H](NC(=O)C(N=O)c3csc(N)n3)C(=O)N12. The number of anilines is 1. The number of thiazole rings is 1. The molecule has 2 aliphatic rings. The van der Waals surface area contributed by atoms with Crippen molar-refractivity contribution in [1.29, 1.82) is 5.26 Å². The number of ether oxygens (including phenoxy) is 2. The Morgan fingerprint density at radius 1 is 1.47 bits per heavy atom. The number of hydrogen-bond donors (Lipinski definition) is 2. The number of nitrogens with zero attached hydrogens (tertiary/aromatic N) is 4. The number of nitrogens with two attached hydrogens (primary N) is 1. The first kappa shape index (κ1) is 25.5. The Labute approximate surface area is 205 Å². The fourth-order valence-corrected chi connectivity index (χ4v) is 6.04. The van der Waals surface area contributed by atoms with Crippen molar-refractivity contribution in [2.45, 2.75) is 37.6 Å². The summed E-state index contributed by atoms with van der Waals surface area (Å²) in [7, 11) is 0. The largest absolute Gasteiger partial charge is 0.426 e. The van der Waals surface area contributed by atoms with Crippen LogP contribution < -0.4 is 11.1 Å². The van der Waals surface area contributed by atoms with Gasteiger partial charge in [-0.15, -0.1) is 39.8 Å². The molecule has 3 N–H and O–H groups in total. The lowest BCUT2D eigenvalue weighted by Gasteiger charge is -2.49. The van der Waals surface area contributed by atoms with Crippen LogP contribution in [0, 0.1) is 16.2 Å². The number of aromatic nitrogens is 1. The van der Waals surface area contributed by atoms with Crippen LogP contribution in [0.1, 0.15) is 25.6 Å². The molecule has 0 spiro atoms. The molecule has 16 heteroatoms. The first-order chi connectivity index (χ1) is 16.2. The number of nitriles is 1. The molecule has 1 fully saturated rings. The van der Waals surface area contributed by atoms with Crippen molar-refractivity contribution in [3.05, 3.63) is 26.6 Å². The molecule has 0 bridgehead atoms. The van der Waals surface area contributed by atoms with Gasteiger partial charge in [0.15, 0.2) is 5.13 Å². The van der Waals surface area contributed by atoms with Gasteiger partial charge in [0.2, 0.25) is 12.3 Å². The summed E-state index contributed by atoms with van der Waals surface area (Å²) in [5.74, 6) is -2.73. The number of esters is 2. The lowest BCUT2D eigenvalue weighted by molar-refractivity contribution is -0.182. The number of fused-ring (bicyclic) bond motifs is 1. The molecular weight excluding hydrogens is 508 g/mol. The van der Waals surface area contributed by atoms with Crippen LogP contribution in [0.4, 0.5) is 5.13 Å². The van der Waals surface area contributed by atoms with Crippen LogP contribution >= 0.6 is 34.9 Å². The molecule has 0 aromatic carbocycles. The van der Waals surface area contributed by atoms with Crippen LogP contribution in [-0.2, 0) is 28.7 Å². The minimum Gasteiger partial charge on any atom is -0.426 e. The number of thioether (sulfide) groups is 2. The molecule has 1 aromatic rings. The highest BCUT2D eigenvalue weighted by Crippen LogP contribution is 2.44. The van der Waals surface area contributed by atoms with Crippen molar-refractivity contribution in [3.63, 3.8) is 0 Å². The third-order valence-electron chi connectivity index (χ3n) is 4.51. The predicted octanol–water partition coefficient (Wildman–Crippen LogP) is 0.853. The Morgan fingerprint density at radius 2 is 2.21 bits per heavy atom. The van der Waals surface area contributed by atoms with Crippen LogP contribution in [0.3, 0.4) is 0 Å². The molecule has 3 rings (SSSR count). The number of nitroso groups, excluding NO2 is 1. The summed E-state index contributed by atoms with van der Waals surface area (Å²) in [6.45, 7) is 2.49. The third-order valence-corrected chi connectivity index (χ3v) is 7.63. The fraction of sp³-hybridized carbons (Fsp3) is 0.444. The average Bonchev–Trinajstić information content (AvgIpc) is 3.20. The molecule has 1 saturated heterocycles. The summed E-state index contributed by atoms with van der Waals surface area (Å²) in [5.41, 5.74) is 5.52. The van der Waals surface area contributed by atoms with Crippen molar-refractivity contribution in [2.75, 3.05) is 17.2 Å². The zero-order valence-electron chi connectivity index (χ0n) is 17.7. The zero-order chi connectivity index (χ0) is 25.0. The number of hydrogen-bond acceptors (Lipinski definition) is 14. The highest BCUT2D eigenvalue weighted by atomic mass is 32.2. The molecule has 180 valence electrons. The number of carbonyl (C=O) groups excluding carboxylic acids is 4. The molecule has 2 unspecified atom stereocenters. The van der Waals surface area contributed by atoms with E-state index >= 15 is 0 Å². The molecule has 1 aromatic heterocycles. The Morgan fingerprint density at radius 3 is 2.79 bits per heavy atom. The summed E-state index contributed by atoms with van der Waals surface area (Å²) in [6, 6.07) is -0.573. The highest BCUT2D eigenvalue weighted by molar-refractivity contribution is 8.06. The normalized spacial score (nSPS) is 20.9. The van der Waals surface area contributed by atoms with Crippen molar-refractivity contribution in [2.24, 2.45) is 5.18 Å². The van der Waals surface area contributed by atoms with Gasteiger partial charge in [-0.05, 0) is 5.18 Å². The van der Waals surface area contributed by atoms with Crippen LogP contribution in [-0.4, -0.2) is 62.8 Å². The molecule has 34 heavy (non-hydrogen) atoms. The maximum atomic E-state index is 12.9. The highest BCUT2D eigenvalue weighted by Gasteiger charge is 2.55. The van der Waals surface area contributed by atoms with Gasteiger partial charge in [-0.2, -0.15) is 5.26 Å². The van der Waals surface area contributed by atoms with E-state index in [4.69, 9.17) is 20.5 Å². The second-order valence-corrected chi connectivity index (χ2v) is 9.88. The quantitative estimate of drug-likeness (QED) is 0.200. The molecule has 0 radical (unpaired) electrons. The van der Waals surface area contributed by atoms with Gasteiger partial charge in [0.1, 0.15) is 17.1 Å². The lowest BCUT2D eigenvalue weighted by Crippen LogP contribution is -2.70. The van der Waals surface area contributed by atoms with Crippen molar-refractivity contribution in [1.82, 2.24) is 15.2 Å².